The molecule has 1 saturated heterocycles. The summed E-state index contributed by atoms with van der Waals surface area (Å²) in [4.78, 5) is 2.03. The monoisotopic (exact) mass is 272 g/mol. The van der Waals surface area contributed by atoms with Gasteiger partial charge in [-0.2, -0.15) is 13.2 Å². The summed E-state index contributed by atoms with van der Waals surface area (Å²) in [7, 11) is 0. The fraction of sp³-hybridized carbons (Fsp3) is 0.571. The summed E-state index contributed by atoms with van der Waals surface area (Å²) >= 11 is 0. The molecule has 0 atom stereocenters. The number of aryl methyl sites for hydroxylation is 1. The topological polar surface area (TPSA) is 15.3 Å². The van der Waals surface area contributed by atoms with E-state index in [0.29, 0.717) is 12.2 Å². The first-order valence-electron chi connectivity index (χ1n) is 6.37. The lowest BCUT2D eigenvalue weighted by Gasteiger charge is -2.41. The van der Waals surface area contributed by atoms with E-state index >= 15 is 0 Å². The zero-order valence-electron chi connectivity index (χ0n) is 11.4. The Morgan fingerprint density at radius 1 is 1.26 bits per heavy atom. The van der Waals surface area contributed by atoms with Gasteiger partial charge in [0.25, 0.3) is 0 Å². The molecule has 1 fully saturated rings. The molecule has 1 N–H and O–H groups in total. The Kier molecular flexibility index (Phi) is 3.51. The van der Waals surface area contributed by atoms with Crippen LogP contribution >= 0.6 is 0 Å². The van der Waals surface area contributed by atoms with Gasteiger partial charge in [-0.05, 0) is 38.5 Å². The molecule has 1 aromatic carbocycles. The molecule has 1 heterocycles. The Labute approximate surface area is 111 Å². The van der Waals surface area contributed by atoms with E-state index in [1.54, 1.807) is 6.07 Å². The van der Waals surface area contributed by atoms with Gasteiger partial charge in [-0.1, -0.05) is 6.07 Å². The molecule has 0 radical (unpaired) electrons. The zero-order chi connectivity index (χ0) is 14.3. The number of hydrogen-bond donors (Lipinski definition) is 1. The molecule has 1 aliphatic heterocycles. The van der Waals surface area contributed by atoms with Gasteiger partial charge in [0.2, 0.25) is 0 Å². The van der Waals surface area contributed by atoms with Crippen molar-refractivity contribution >= 4 is 5.69 Å². The minimum Gasteiger partial charge on any atom is -0.368 e. The number of benzene rings is 1. The standard InChI is InChI=1S/C14H19F3N2/c1-10-4-5-11(14(15,16)17)8-12(10)19-7-6-18-13(2,3)9-19/h4-5,8,18H,6-7,9H2,1-3H3. The maximum absolute atomic E-state index is 12.8. The van der Waals surface area contributed by atoms with Crippen LogP contribution in [0, 0.1) is 6.92 Å². The van der Waals surface area contributed by atoms with Crippen LogP contribution in [0.15, 0.2) is 18.2 Å². The van der Waals surface area contributed by atoms with Crippen LogP contribution < -0.4 is 10.2 Å². The SMILES string of the molecule is Cc1ccc(C(F)(F)F)cc1N1CCNC(C)(C)C1. The average Bonchev–Trinajstić information content (AvgIpc) is 2.26. The van der Waals surface area contributed by atoms with Crippen LogP contribution in [0.25, 0.3) is 0 Å². The molecule has 0 aliphatic carbocycles. The highest BCUT2D eigenvalue weighted by Gasteiger charge is 2.32. The third-order valence-corrected chi connectivity index (χ3v) is 3.45. The highest BCUT2D eigenvalue weighted by atomic mass is 19.4. The van der Waals surface area contributed by atoms with Crippen LogP contribution in [0.1, 0.15) is 25.0 Å². The molecule has 2 nitrogen and oxygen atoms in total. The first-order valence-corrected chi connectivity index (χ1v) is 6.37. The normalized spacial score (nSPS) is 19.6. The number of halogens is 3. The van der Waals surface area contributed by atoms with Gasteiger partial charge >= 0.3 is 6.18 Å². The summed E-state index contributed by atoms with van der Waals surface area (Å²) in [6.45, 7) is 8.18. The summed E-state index contributed by atoms with van der Waals surface area (Å²) in [5.74, 6) is 0. The van der Waals surface area contributed by atoms with E-state index in [2.05, 4.69) is 19.2 Å². The molecule has 0 aromatic heterocycles. The average molecular weight is 272 g/mol. The van der Waals surface area contributed by atoms with Crippen molar-refractivity contribution in [1.29, 1.82) is 0 Å². The predicted molar refractivity (Wildman–Crippen MR) is 70.5 cm³/mol. The first kappa shape index (κ1) is 14.2. The maximum atomic E-state index is 12.8. The Morgan fingerprint density at radius 3 is 2.53 bits per heavy atom. The minimum absolute atomic E-state index is 0.0844. The van der Waals surface area contributed by atoms with Crippen LogP contribution in [-0.4, -0.2) is 25.2 Å². The lowest BCUT2D eigenvalue weighted by molar-refractivity contribution is -0.137. The Hall–Kier alpha value is -1.23. The van der Waals surface area contributed by atoms with E-state index in [0.717, 1.165) is 24.7 Å². The third-order valence-electron chi connectivity index (χ3n) is 3.45. The molecule has 1 aliphatic rings. The van der Waals surface area contributed by atoms with Crippen LogP contribution in [0.4, 0.5) is 18.9 Å². The van der Waals surface area contributed by atoms with E-state index in [9.17, 15) is 13.2 Å². The van der Waals surface area contributed by atoms with Crippen LogP contribution in [-0.2, 0) is 6.18 Å². The molecule has 1 aromatic rings. The second-order valence-corrected chi connectivity index (χ2v) is 5.73. The molecular weight excluding hydrogens is 253 g/mol. The van der Waals surface area contributed by atoms with Gasteiger partial charge in [-0.15, -0.1) is 0 Å². The van der Waals surface area contributed by atoms with E-state index < -0.39 is 11.7 Å². The van der Waals surface area contributed by atoms with Crippen molar-refractivity contribution in [2.24, 2.45) is 0 Å². The molecule has 0 unspecified atom stereocenters. The molecule has 0 amide bonds. The third kappa shape index (κ3) is 3.21. The molecule has 5 heteroatoms. The summed E-state index contributed by atoms with van der Waals surface area (Å²) in [5, 5.41) is 3.36. The number of alkyl halides is 3. The smallest absolute Gasteiger partial charge is 0.368 e. The summed E-state index contributed by atoms with van der Waals surface area (Å²) in [6, 6.07) is 3.95. The molecular formula is C14H19F3N2. The number of rotatable bonds is 1. The Bertz CT molecular complexity index is 466. The van der Waals surface area contributed by atoms with Crippen molar-refractivity contribution in [1.82, 2.24) is 5.32 Å². The fourth-order valence-electron chi connectivity index (χ4n) is 2.47. The van der Waals surface area contributed by atoms with Crippen molar-refractivity contribution in [2.45, 2.75) is 32.5 Å². The van der Waals surface area contributed by atoms with Gasteiger partial charge in [0, 0.05) is 30.9 Å². The van der Waals surface area contributed by atoms with Crippen molar-refractivity contribution < 1.29 is 13.2 Å². The highest BCUT2D eigenvalue weighted by Crippen LogP contribution is 2.34. The number of piperazine rings is 1. The summed E-state index contributed by atoms with van der Waals surface area (Å²) < 4.78 is 38.4. The number of hydrogen-bond acceptors (Lipinski definition) is 2. The zero-order valence-corrected chi connectivity index (χ0v) is 11.4. The maximum Gasteiger partial charge on any atom is 0.416 e. The largest absolute Gasteiger partial charge is 0.416 e. The Morgan fingerprint density at radius 2 is 1.95 bits per heavy atom. The van der Waals surface area contributed by atoms with Crippen LogP contribution in [0.3, 0.4) is 0 Å². The molecule has 2 rings (SSSR count). The molecule has 106 valence electrons. The van der Waals surface area contributed by atoms with Crippen molar-refractivity contribution in [3.63, 3.8) is 0 Å². The van der Waals surface area contributed by atoms with E-state index in [1.165, 1.54) is 6.07 Å². The second kappa shape index (κ2) is 4.71. The van der Waals surface area contributed by atoms with Gasteiger partial charge < -0.3 is 10.2 Å². The van der Waals surface area contributed by atoms with E-state index in [4.69, 9.17) is 0 Å². The summed E-state index contributed by atoms with van der Waals surface area (Å²) in [6.07, 6.45) is -4.29. The van der Waals surface area contributed by atoms with Crippen LogP contribution in [0.5, 0.6) is 0 Å². The number of nitrogens with one attached hydrogen (secondary N) is 1. The minimum atomic E-state index is -4.29. The lowest BCUT2D eigenvalue weighted by atomic mass is 10.00. The predicted octanol–water partition coefficient (Wildman–Crippen LogP) is 3.20. The number of anilines is 1. The van der Waals surface area contributed by atoms with Crippen molar-refractivity contribution in [3.05, 3.63) is 29.3 Å². The van der Waals surface area contributed by atoms with E-state index in [-0.39, 0.29) is 5.54 Å². The van der Waals surface area contributed by atoms with Gasteiger partial charge in [-0.25, -0.2) is 0 Å². The van der Waals surface area contributed by atoms with Gasteiger partial charge in [0.05, 0.1) is 5.56 Å². The first-order chi connectivity index (χ1) is 8.69. The van der Waals surface area contributed by atoms with Crippen molar-refractivity contribution in [3.8, 4) is 0 Å². The van der Waals surface area contributed by atoms with Crippen molar-refractivity contribution in [2.75, 3.05) is 24.5 Å². The quantitative estimate of drug-likeness (QED) is 0.844. The second-order valence-electron chi connectivity index (χ2n) is 5.73. The molecule has 0 bridgehead atoms. The molecule has 0 saturated carbocycles. The number of nitrogens with zero attached hydrogens (tertiary/aromatic N) is 1. The van der Waals surface area contributed by atoms with Crippen LogP contribution in [0.2, 0.25) is 0 Å². The van der Waals surface area contributed by atoms with E-state index in [1.807, 2.05) is 11.8 Å². The van der Waals surface area contributed by atoms with Gasteiger partial charge in [0.15, 0.2) is 0 Å². The Balaban J connectivity index is 2.33. The van der Waals surface area contributed by atoms with Gasteiger partial charge in [-0.3, -0.25) is 0 Å². The molecule has 0 spiro atoms. The lowest BCUT2D eigenvalue weighted by Crippen LogP contribution is -2.57. The highest BCUT2D eigenvalue weighted by molar-refractivity contribution is 5.56. The molecule has 19 heavy (non-hydrogen) atoms. The fourth-order valence-corrected chi connectivity index (χ4v) is 2.47. The summed E-state index contributed by atoms with van der Waals surface area (Å²) in [5.41, 5.74) is 0.901. The van der Waals surface area contributed by atoms with Gasteiger partial charge in [0.1, 0.15) is 0 Å².